The number of hydrogen-bond donors (Lipinski definition) is 2. The number of nitrogens with two attached hydrogens (primary N) is 1. The number of aryl methyl sites for hydroxylation is 1. The van der Waals surface area contributed by atoms with Crippen molar-refractivity contribution in [3.05, 3.63) is 58.1 Å². The zero-order valence-corrected chi connectivity index (χ0v) is 14.9. The fourth-order valence-corrected chi connectivity index (χ4v) is 4.16. The van der Waals surface area contributed by atoms with E-state index >= 15 is 0 Å². The van der Waals surface area contributed by atoms with Crippen molar-refractivity contribution >= 4 is 33.9 Å². The van der Waals surface area contributed by atoms with Gasteiger partial charge in [-0.2, -0.15) is 0 Å². The van der Waals surface area contributed by atoms with Gasteiger partial charge in [-0.3, -0.25) is 9.89 Å². The Kier molecular flexibility index (Phi) is 4.02. The molecule has 0 fully saturated rings. The number of rotatable bonds is 4. The average molecular weight is 370 g/mol. The topological polar surface area (TPSA) is 102 Å². The third-order valence-electron chi connectivity index (χ3n) is 3.68. The summed E-state index contributed by atoms with van der Waals surface area (Å²) in [4.78, 5) is 17.1. The van der Waals surface area contributed by atoms with E-state index in [0.29, 0.717) is 22.2 Å². The Morgan fingerprint density at radius 1 is 1.28 bits per heavy atom. The van der Waals surface area contributed by atoms with Gasteiger partial charge in [0.25, 0.3) is 5.56 Å². The van der Waals surface area contributed by atoms with Crippen molar-refractivity contribution in [3.63, 3.8) is 0 Å². The minimum atomic E-state index is -0.136. The molecule has 3 aromatic heterocycles. The van der Waals surface area contributed by atoms with Gasteiger partial charge < -0.3 is 5.73 Å². The number of fused-ring (bicyclic) bond motifs is 1. The largest absolute Gasteiger partial charge is 0.374 e. The molecule has 0 aliphatic carbocycles. The van der Waals surface area contributed by atoms with Gasteiger partial charge in [-0.15, -0.1) is 10.2 Å². The first-order chi connectivity index (χ1) is 12.1. The van der Waals surface area contributed by atoms with Gasteiger partial charge in [0.2, 0.25) is 5.13 Å². The summed E-state index contributed by atoms with van der Waals surface area (Å²) >= 11 is 2.78. The van der Waals surface area contributed by atoms with E-state index in [0.717, 1.165) is 21.2 Å². The molecule has 0 atom stereocenters. The van der Waals surface area contributed by atoms with Crippen LogP contribution in [0.25, 0.3) is 16.8 Å². The summed E-state index contributed by atoms with van der Waals surface area (Å²) in [5.74, 6) is 0.527. The lowest BCUT2D eigenvalue weighted by atomic mass is 10.1. The molecule has 25 heavy (non-hydrogen) atoms. The number of H-pyrrole nitrogens is 1. The number of thioether (sulfide) groups is 1. The number of nitrogens with zero attached hydrogens (tertiary/aromatic N) is 4. The molecule has 1 aromatic carbocycles. The normalized spacial score (nSPS) is 11.2. The van der Waals surface area contributed by atoms with Crippen LogP contribution in [0.2, 0.25) is 0 Å². The highest BCUT2D eigenvalue weighted by molar-refractivity contribution is 8.00. The van der Waals surface area contributed by atoms with E-state index in [9.17, 15) is 4.79 Å². The van der Waals surface area contributed by atoms with Gasteiger partial charge >= 0.3 is 0 Å². The molecular weight excluding hydrogens is 356 g/mol. The molecule has 0 amide bonds. The van der Waals surface area contributed by atoms with Crippen LogP contribution in [0, 0.1) is 6.92 Å². The van der Waals surface area contributed by atoms with E-state index in [-0.39, 0.29) is 5.56 Å². The van der Waals surface area contributed by atoms with Crippen molar-refractivity contribution in [1.82, 2.24) is 24.8 Å². The molecule has 0 aliphatic heterocycles. The molecule has 9 heteroatoms. The van der Waals surface area contributed by atoms with E-state index in [4.69, 9.17) is 10.7 Å². The first-order valence-corrected chi connectivity index (χ1v) is 9.30. The molecule has 0 saturated heterocycles. The van der Waals surface area contributed by atoms with Crippen LogP contribution in [0.1, 0.15) is 11.4 Å². The Morgan fingerprint density at radius 2 is 2.08 bits per heavy atom. The molecule has 7 nitrogen and oxygen atoms in total. The van der Waals surface area contributed by atoms with Gasteiger partial charge in [0.15, 0.2) is 9.99 Å². The lowest BCUT2D eigenvalue weighted by Gasteiger charge is -2.02. The Hall–Kier alpha value is -2.65. The highest BCUT2D eigenvalue weighted by atomic mass is 32.2. The second-order valence-corrected chi connectivity index (χ2v) is 7.65. The zero-order chi connectivity index (χ0) is 17.4. The molecule has 4 rings (SSSR count). The molecule has 126 valence electrons. The molecule has 0 aliphatic rings. The van der Waals surface area contributed by atoms with Gasteiger partial charge in [0.05, 0.1) is 5.69 Å². The molecule has 0 radical (unpaired) electrons. The van der Waals surface area contributed by atoms with Crippen molar-refractivity contribution < 1.29 is 0 Å². The molecule has 3 N–H and O–H groups in total. The van der Waals surface area contributed by atoms with Crippen LogP contribution in [0.15, 0.2) is 45.5 Å². The van der Waals surface area contributed by atoms with Crippen LogP contribution in [0.4, 0.5) is 5.13 Å². The molecule has 0 unspecified atom stereocenters. The number of nitrogens with one attached hydrogen (secondary N) is 1. The number of nitrogen functional groups attached to an aromatic ring is 1. The van der Waals surface area contributed by atoms with E-state index in [1.165, 1.54) is 33.7 Å². The first kappa shape index (κ1) is 15.9. The standard InChI is InChI=1S/C16H14N6OS2/c1-9-13(10-5-3-2-4-6-10)14-18-11(7-12(23)22(14)21-9)8-24-16-20-19-15(17)25-16/h2-7,21H,8H2,1H3,(H2,17,19). The third-order valence-corrected chi connectivity index (χ3v) is 5.60. The summed E-state index contributed by atoms with van der Waals surface area (Å²) in [6.45, 7) is 1.94. The molecular formula is C16H14N6OS2. The first-order valence-electron chi connectivity index (χ1n) is 7.50. The lowest BCUT2D eigenvalue weighted by Crippen LogP contribution is -2.15. The third kappa shape index (κ3) is 3.03. The SMILES string of the molecule is Cc1[nH]n2c(=O)cc(CSc3nnc(N)s3)nc2c1-c1ccccc1. The smallest absolute Gasteiger partial charge is 0.272 e. The highest BCUT2D eigenvalue weighted by Crippen LogP contribution is 2.28. The Morgan fingerprint density at radius 3 is 2.80 bits per heavy atom. The number of benzene rings is 1. The van der Waals surface area contributed by atoms with Gasteiger partial charge in [-0.1, -0.05) is 53.4 Å². The molecule has 0 saturated carbocycles. The van der Waals surface area contributed by atoms with Crippen molar-refractivity contribution in [2.45, 2.75) is 17.0 Å². The second kappa shape index (κ2) is 6.34. The Labute approximate surface area is 150 Å². The van der Waals surface area contributed by atoms with Crippen LogP contribution in [0.5, 0.6) is 0 Å². The maximum atomic E-state index is 12.4. The number of anilines is 1. The van der Waals surface area contributed by atoms with E-state index in [1.54, 1.807) is 0 Å². The Bertz CT molecular complexity index is 1100. The van der Waals surface area contributed by atoms with Crippen LogP contribution in [-0.4, -0.2) is 24.8 Å². The number of aromatic nitrogens is 5. The number of hydrogen-bond acceptors (Lipinski definition) is 7. The van der Waals surface area contributed by atoms with Gasteiger partial charge in [0.1, 0.15) is 0 Å². The minimum Gasteiger partial charge on any atom is -0.374 e. The summed E-state index contributed by atoms with van der Waals surface area (Å²) in [6.07, 6.45) is 0. The predicted molar refractivity (Wildman–Crippen MR) is 99.9 cm³/mol. The van der Waals surface area contributed by atoms with E-state index < -0.39 is 0 Å². The van der Waals surface area contributed by atoms with Crippen molar-refractivity contribution in [3.8, 4) is 11.1 Å². The monoisotopic (exact) mass is 370 g/mol. The van der Waals surface area contributed by atoms with Gasteiger partial charge in [-0.05, 0) is 12.5 Å². The second-order valence-electron chi connectivity index (χ2n) is 5.42. The van der Waals surface area contributed by atoms with Crippen LogP contribution in [0.3, 0.4) is 0 Å². The lowest BCUT2D eigenvalue weighted by molar-refractivity contribution is 0.871. The van der Waals surface area contributed by atoms with Crippen molar-refractivity contribution in [2.75, 3.05) is 5.73 Å². The van der Waals surface area contributed by atoms with Gasteiger partial charge in [-0.25, -0.2) is 9.50 Å². The van der Waals surface area contributed by atoms with Crippen molar-refractivity contribution in [2.24, 2.45) is 0 Å². The van der Waals surface area contributed by atoms with E-state index in [1.807, 2.05) is 37.3 Å². The summed E-state index contributed by atoms with van der Waals surface area (Å²) in [5.41, 5.74) is 9.63. The number of aromatic amines is 1. The quantitative estimate of drug-likeness (QED) is 0.536. The summed E-state index contributed by atoms with van der Waals surface area (Å²) in [6, 6.07) is 11.5. The molecule has 3 heterocycles. The zero-order valence-electron chi connectivity index (χ0n) is 13.3. The average Bonchev–Trinajstić information content (AvgIpc) is 3.17. The fraction of sp³-hybridized carbons (Fsp3) is 0.125. The summed E-state index contributed by atoms with van der Waals surface area (Å²) in [5, 5.41) is 11.3. The minimum absolute atomic E-state index is 0.136. The maximum Gasteiger partial charge on any atom is 0.272 e. The molecule has 0 spiro atoms. The van der Waals surface area contributed by atoms with Crippen LogP contribution >= 0.6 is 23.1 Å². The predicted octanol–water partition coefficient (Wildman–Crippen LogP) is 2.72. The highest BCUT2D eigenvalue weighted by Gasteiger charge is 2.15. The van der Waals surface area contributed by atoms with Crippen LogP contribution < -0.4 is 11.3 Å². The van der Waals surface area contributed by atoms with Crippen molar-refractivity contribution in [1.29, 1.82) is 0 Å². The summed E-state index contributed by atoms with van der Waals surface area (Å²) < 4.78 is 2.24. The van der Waals surface area contributed by atoms with Crippen LogP contribution in [-0.2, 0) is 5.75 Å². The maximum absolute atomic E-state index is 12.4. The fourth-order valence-electron chi connectivity index (χ4n) is 2.64. The van der Waals surface area contributed by atoms with E-state index in [2.05, 4.69) is 15.3 Å². The Balaban J connectivity index is 1.76. The molecule has 4 aromatic rings. The molecule has 0 bridgehead atoms. The van der Waals surface area contributed by atoms with Gasteiger partial charge in [0, 0.05) is 23.1 Å². The summed E-state index contributed by atoms with van der Waals surface area (Å²) in [7, 11) is 0.